The Kier molecular flexibility index (Phi) is 3.83. The number of rotatable bonds is 3. The molecular weight excluding hydrogens is 196 g/mol. The van der Waals surface area contributed by atoms with E-state index in [0.717, 1.165) is 0 Å². The van der Waals surface area contributed by atoms with E-state index in [-0.39, 0.29) is 0 Å². The average Bonchev–Trinajstić information content (AvgIpc) is 2.31. The molecule has 16 heavy (non-hydrogen) atoms. The first-order chi connectivity index (χ1) is 7.79. The Labute approximate surface area is 98.2 Å². The summed E-state index contributed by atoms with van der Waals surface area (Å²) in [5.74, 6) is 0. The molecule has 0 saturated heterocycles. The van der Waals surface area contributed by atoms with Crippen molar-refractivity contribution in [2.45, 2.75) is 51.6 Å². The maximum atomic E-state index is 5.66. The van der Waals surface area contributed by atoms with Crippen LogP contribution in [0, 0.1) is 6.92 Å². The first kappa shape index (κ1) is 11.5. The van der Waals surface area contributed by atoms with E-state index in [1.807, 2.05) is 0 Å². The van der Waals surface area contributed by atoms with Gasteiger partial charge in [0.2, 0.25) is 0 Å². The zero-order valence-electron chi connectivity index (χ0n) is 10.1. The lowest BCUT2D eigenvalue weighted by Gasteiger charge is -2.24. The zero-order chi connectivity index (χ0) is 11.4. The highest BCUT2D eigenvalue weighted by Crippen LogP contribution is 2.22. The lowest BCUT2D eigenvalue weighted by atomic mass is 9.95. The van der Waals surface area contributed by atoms with E-state index in [2.05, 4.69) is 30.4 Å². The monoisotopic (exact) mass is 218 g/mol. The van der Waals surface area contributed by atoms with Crippen LogP contribution in [-0.2, 0) is 6.54 Å². The van der Waals surface area contributed by atoms with Crippen LogP contribution < -0.4 is 11.1 Å². The van der Waals surface area contributed by atoms with Gasteiger partial charge in [0, 0.05) is 18.3 Å². The molecule has 1 aliphatic rings. The molecule has 0 bridgehead atoms. The smallest absolute Gasteiger partial charge is 0.0345 e. The highest BCUT2D eigenvalue weighted by molar-refractivity contribution is 5.49. The van der Waals surface area contributed by atoms with Crippen LogP contribution in [0.1, 0.15) is 43.2 Å². The average molecular weight is 218 g/mol. The van der Waals surface area contributed by atoms with Gasteiger partial charge >= 0.3 is 0 Å². The standard InChI is InChI=1S/C14H22N2/c1-11-9-14(8-7-12(11)10-15)16-13-5-3-2-4-6-13/h7-9,13,16H,2-6,10,15H2,1H3. The number of aryl methyl sites for hydroxylation is 1. The molecule has 1 saturated carbocycles. The second kappa shape index (κ2) is 5.35. The Morgan fingerprint density at radius 3 is 2.62 bits per heavy atom. The van der Waals surface area contributed by atoms with Crippen LogP contribution in [0.5, 0.6) is 0 Å². The molecule has 0 spiro atoms. The molecule has 0 heterocycles. The molecule has 2 nitrogen and oxygen atoms in total. The van der Waals surface area contributed by atoms with Gasteiger partial charge in [-0.3, -0.25) is 0 Å². The minimum Gasteiger partial charge on any atom is -0.382 e. The quantitative estimate of drug-likeness (QED) is 0.817. The van der Waals surface area contributed by atoms with Gasteiger partial charge in [-0.15, -0.1) is 0 Å². The summed E-state index contributed by atoms with van der Waals surface area (Å²) in [6, 6.07) is 7.19. The molecule has 0 aromatic heterocycles. The highest BCUT2D eigenvalue weighted by atomic mass is 14.9. The Balaban J connectivity index is 2.01. The van der Waals surface area contributed by atoms with Gasteiger partial charge in [0.25, 0.3) is 0 Å². The molecule has 1 aliphatic carbocycles. The predicted molar refractivity (Wildman–Crippen MR) is 69.6 cm³/mol. The molecule has 2 heteroatoms. The summed E-state index contributed by atoms with van der Waals surface area (Å²) < 4.78 is 0. The summed E-state index contributed by atoms with van der Waals surface area (Å²) in [5.41, 5.74) is 9.46. The van der Waals surface area contributed by atoms with Crippen LogP contribution in [-0.4, -0.2) is 6.04 Å². The van der Waals surface area contributed by atoms with E-state index in [4.69, 9.17) is 5.73 Å². The molecule has 1 aromatic carbocycles. The van der Waals surface area contributed by atoms with Crippen LogP contribution in [0.15, 0.2) is 18.2 Å². The van der Waals surface area contributed by atoms with E-state index in [1.54, 1.807) is 0 Å². The molecule has 0 amide bonds. The van der Waals surface area contributed by atoms with Crippen molar-refractivity contribution in [2.75, 3.05) is 5.32 Å². The number of benzene rings is 1. The third-order valence-corrected chi connectivity index (χ3v) is 3.54. The van der Waals surface area contributed by atoms with Crippen molar-refractivity contribution < 1.29 is 0 Å². The van der Waals surface area contributed by atoms with Crippen LogP contribution in [0.2, 0.25) is 0 Å². The fraction of sp³-hybridized carbons (Fsp3) is 0.571. The summed E-state index contributed by atoms with van der Waals surface area (Å²) in [7, 11) is 0. The molecular formula is C14H22N2. The lowest BCUT2D eigenvalue weighted by molar-refractivity contribution is 0.463. The highest BCUT2D eigenvalue weighted by Gasteiger charge is 2.12. The number of hydrogen-bond donors (Lipinski definition) is 2. The normalized spacial score (nSPS) is 17.4. The summed E-state index contributed by atoms with van der Waals surface area (Å²) in [5, 5.41) is 3.63. The van der Waals surface area contributed by atoms with Gasteiger partial charge < -0.3 is 11.1 Å². The predicted octanol–water partition coefficient (Wildman–Crippen LogP) is 3.20. The van der Waals surface area contributed by atoms with Crippen LogP contribution in [0.25, 0.3) is 0 Å². The molecule has 0 unspecified atom stereocenters. The Hall–Kier alpha value is -1.02. The van der Waals surface area contributed by atoms with E-state index in [0.29, 0.717) is 12.6 Å². The van der Waals surface area contributed by atoms with Crippen molar-refractivity contribution in [3.8, 4) is 0 Å². The Bertz CT molecular complexity index is 341. The second-order valence-electron chi connectivity index (χ2n) is 4.82. The molecule has 1 aromatic rings. The lowest BCUT2D eigenvalue weighted by Crippen LogP contribution is -2.22. The maximum Gasteiger partial charge on any atom is 0.0345 e. The molecule has 0 radical (unpaired) electrons. The van der Waals surface area contributed by atoms with Gasteiger partial charge in [0.15, 0.2) is 0 Å². The summed E-state index contributed by atoms with van der Waals surface area (Å²) >= 11 is 0. The van der Waals surface area contributed by atoms with E-state index < -0.39 is 0 Å². The summed E-state index contributed by atoms with van der Waals surface area (Å²) in [4.78, 5) is 0. The number of anilines is 1. The van der Waals surface area contributed by atoms with Crippen molar-refractivity contribution in [1.29, 1.82) is 0 Å². The van der Waals surface area contributed by atoms with Gasteiger partial charge in [-0.2, -0.15) is 0 Å². The molecule has 1 fully saturated rings. The first-order valence-corrected chi connectivity index (χ1v) is 6.36. The van der Waals surface area contributed by atoms with E-state index in [9.17, 15) is 0 Å². The van der Waals surface area contributed by atoms with Crippen LogP contribution in [0.3, 0.4) is 0 Å². The fourth-order valence-electron chi connectivity index (χ4n) is 2.50. The molecule has 2 rings (SSSR count). The second-order valence-corrected chi connectivity index (χ2v) is 4.82. The van der Waals surface area contributed by atoms with Crippen molar-refractivity contribution in [3.05, 3.63) is 29.3 Å². The van der Waals surface area contributed by atoms with Gasteiger partial charge in [0.1, 0.15) is 0 Å². The molecule has 0 atom stereocenters. The third kappa shape index (κ3) is 2.76. The van der Waals surface area contributed by atoms with E-state index >= 15 is 0 Å². The van der Waals surface area contributed by atoms with Gasteiger partial charge in [-0.25, -0.2) is 0 Å². The summed E-state index contributed by atoms with van der Waals surface area (Å²) in [6.45, 7) is 2.77. The van der Waals surface area contributed by atoms with Crippen molar-refractivity contribution in [1.82, 2.24) is 0 Å². The van der Waals surface area contributed by atoms with Gasteiger partial charge in [-0.05, 0) is 43.0 Å². The number of nitrogens with two attached hydrogens (primary N) is 1. The van der Waals surface area contributed by atoms with E-state index in [1.165, 1.54) is 48.9 Å². The Morgan fingerprint density at radius 2 is 2.00 bits per heavy atom. The largest absolute Gasteiger partial charge is 0.382 e. The minimum atomic E-state index is 0.634. The molecule has 3 N–H and O–H groups in total. The van der Waals surface area contributed by atoms with Crippen molar-refractivity contribution in [3.63, 3.8) is 0 Å². The van der Waals surface area contributed by atoms with Crippen LogP contribution >= 0.6 is 0 Å². The van der Waals surface area contributed by atoms with Crippen molar-refractivity contribution >= 4 is 5.69 Å². The number of hydrogen-bond acceptors (Lipinski definition) is 2. The molecule has 0 aliphatic heterocycles. The van der Waals surface area contributed by atoms with Gasteiger partial charge in [-0.1, -0.05) is 25.3 Å². The first-order valence-electron chi connectivity index (χ1n) is 6.36. The zero-order valence-corrected chi connectivity index (χ0v) is 10.1. The maximum absolute atomic E-state index is 5.66. The van der Waals surface area contributed by atoms with Gasteiger partial charge in [0.05, 0.1) is 0 Å². The summed E-state index contributed by atoms with van der Waals surface area (Å²) in [6.07, 6.45) is 6.79. The minimum absolute atomic E-state index is 0.634. The third-order valence-electron chi connectivity index (χ3n) is 3.54. The van der Waals surface area contributed by atoms with Crippen molar-refractivity contribution in [2.24, 2.45) is 5.73 Å². The molecule has 88 valence electrons. The fourth-order valence-corrected chi connectivity index (χ4v) is 2.50. The SMILES string of the molecule is Cc1cc(NC2CCCCC2)ccc1CN. The Morgan fingerprint density at radius 1 is 1.25 bits per heavy atom. The van der Waals surface area contributed by atoms with Crippen LogP contribution in [0.4, 0.5) is 5.69 Å². The number of nitrogens with one attached hydrogen (secondary N) is 1. The topological polar surface area (TPSA) is 38.0 Å².